The number of nitrogens with one attached hydrogen (secondary N) is 1. The Kier molecular flexibility index (Phi) is 5.09. The molecule has 0 aromatic carbocycles. The van der Waals surface area contributed by atoms with Crippen molar-refractivity contribution in [3.8, 4) is 0 Å². The molecule has 104 valence electrons. The molecule has 1 fully saturated rings. The van der Waals surface area contributed by atoms with Gasteiger partial charge in [-0.15, -0.1) is 0 Å². The van der Waals surface area contributed by atoms with E-state index in [0.29, 0.717) is 19.3 Å². The lowest BCUT2D eigenvalue weighted by Gasteiger charge is -2.22. The highest BCUT2D eigenvalue weighted by Gasteiger charge is 2.35. The van der Waals surface area contributed by atoms with Crippen LogP contribution in [0.3, 0.4) is 0 Å². The summed E-state index contributed by atoms with van der Waals surface area (Å²) in [6, 6.07) is 0. The van der Waals surface area contributed by atoms with Gasteiger partial charge < -0.3 is 15.2 Å². The summed E-state index contributed by atoms with van der Waals surface area (Å²) in [7, 11) is -2.19. The van der Waals surface area contributed by atoms with Gasteiger partial charge in [-0.05, 0) is 12.8 Å². The second kappa shape index (κ2) is 6.14. The molecule has 0 radical (unpaired) electrons. The summed E-state index contributed by atoms with van der Waals surface area (Å²) in [6.07, 6.45) is 0.380. The Morgan fingerprint density at radius 1 is 1.44 bits per heavy atom. The van der Waals surface area contributed by atoms with Gasteiger partial charge in [0.1, 0.15) is 5.25 Å². The summed E-state index contributed by atoms with van der Waals surface area (Å²) >= 11 is 0. The Bertz CT molecular complexity index is 418. The third-order valence-electron chi connectivity index (χ3n) is 2.89. The molecule has 1 saturated heterocycles. The molecule has 0 aromatic heterocycles. The number of carboxylic acids is 1. The lowest BCUT2D eigenvalue weighted by atomic mass is 10.2. The third kappa shape index (κ3) is 3.67. The van der Waals surface area contributed by atoms with Crippen molar-refractivity contribution in [2.45, 2.75) is 30.6 Å². The van der Waals surface area contributed by atoms with Crippen LogP contribution in [0.2, 0.25) is 0 Å². The molecule has 1 rings (SSSR count). The SMILES string of the molecule is COC(CNC(=O)C1CCCCS1(=O)=O)C(=O)O. The molecule has 0 aromatic rings. The molecule has 1 aliphatic heterocycles. The van der Waals surface area contributed by atoms with Crippen molar-refractivity contribution in [3.63, 3.8) is 0 Å². The number of ether oxygens (including phenoxy) is 1. The van der Waals surface area contributed by atoms with Gasteiger partial charge >= 0.3 is 5.97 Å². The summed E-state index contributed by atoms with van der Waals surface area (Å²) in [4.78, 5) is 22.4. The number of hydrogen-bond donors (Lipinski definition) is 2. The quantitative estimate of drug-likeness (QED) is 0.679. The van der Waals surface area contributed by atoms with E-state index in [2.05, 4.69) is 10.1 Å². The van der Waals surface area contributed by atoms with Crippen LogP contribution in [0.4, 0.5) is 0 Å². The van der Waals surface area contributed by atoms with Crippen LogP contribution >= 0.6 is 0 Å². The monoisotopic (exact) mass is 279 g/mol. The number of carboxylic acid groups (broad SMARTS) is 1. The molecule has 1 aliphatic rings. The maximum absolute atomic E-state index is 11.7. The maximum Gasteiger partial charge on any atom is 0.334 e. The smallest absolute Gasteiger partial charge is 0.334 e. The van der Waals surface area contributed by atoms with Crippen molar-refractivity contribution in [3.05, 3.63) is 0 Å². The average molecular weight is 279 g/mol. The van der Waals surface area contributed by atoms with E-state index < -0.39 is 33.1 Å². The summed E-state index contributed by atoms with van der Waals surface area (Å²) < 4.78 is 28.0. The fourth-order valence-corrected chi connectivity index (χ4v) is 3.65. The van der Waals surface area contributed by atoms with Crippen molar-refractivity contribution in [2.24, 2.45) is 0 Å². The predicted octanol–water partition coefficient (Wildman–Crippen LogP) is -0.830. The van der Waals surface area contributed by atoms with Crippen LogP contribution in [0.5, 0.6) is 0 Å². The minimum atomic E-state index is -3.40. The Morgan fingerprint density at radius 2 is 2.11 bits per heavy atom. The summed E-state index contributed by atoms with van der Waals surface area (Å²) in [6.45, 7) is -0.239. The van der Waals surface area contributed by atoms with E-state index in [9.17, 15) is 18.0 Å². The average Bonchev–Trinajstić information content (AvgIpc) is 2.28. The van der Waals surface area contributed by atoms with Crippen LogP contribution in [0.15, 0.2) is 0 Å². The molecular formula is C10H17NO6S. The highest BCUT2D eigenvalue weighted by Crippen LogP contribution is 2.19. The fourth-order valence-electron chi connectivity index (χ4n) is 1.83. The van der Waals surface area contributed by atoms with Crippen molar-refractivity contribution < 1.29 is 27.9 Å². The first kappa shape index (κ1) is 14.9. The van der Waals surface area contributed by atoms with Crippen LogP contribution < -0.4 is 5.32 Å². The lowest BCUT2D eigenvalue weighted by molar-refractivity contribution is -0.148. The zero-order valence-corrected chi connectivity index (χ0v) is 10.9. The van der Waals surface area contributed by atoms with E-state index in [1.54, 1.807) is 0 Å². The zero-order chi connectivity index (χ0) is 13.8. The van der Waals surface area contributed by atoms with Gasteiger partial charge in [-0.2, -0.15) is 0 Å². The van der Waals surface area contributed by atoms with Gasteiger partial charge in [0, 0.05) is 7.11 Å². The number of hydrogen-bond acceptors (Lipinski definition) is 5. The molecule has 2 N–H and O–H groups in total. The summed E-state index contributed by atoms with van der Waals surface area (Å²) in [5.41, 5.74) is 0. The van der Waals surface area contributed by atoms with Crippen LogP contribution in [0.25, 0.3) is 0 Å². The van der Waals surface area contributed by atoms with Crippen LogP contribution in [-0.4, -0.2) is 56.2 Å². The predicted molar refractivity (Wildman–Crippen MR) is 62.9 cm³/mol. The highest BCUT2D eigenvalue weighted by molar-refractivity contribution is 7.92. The topological polar surface area (TPSA) is 110 Å². The van der Waals surface area contributed by atoms with Crippen molar-refractivity contribution in [1.29, 1.82) is 0 Å². The Balaban J connectivity index is 2.57. The van der Waals surface area contributed by atoms with Crippen molar-refractivity contribution >= 4 is 21.7 Å². The van der Waals surface area contributed by atoms with E-state index >= 15 is 0 Å². The fraction of sp³-hybridized carbons (Fsp3) is 0.800. The first-order valence-corrected chi connectivity index (χ1v) is 7.35. The molecular weight excluding hydrogens is 262 g/mol. The molecule has 18 heavy (non-hydrogen) atoms. The van der Waals surface area contributed by atoms with E-state index in [0.717, 1.165) is 0 Å². The molecule has 0 bridgehead atoms. The highest BCUT2D eigenvalue weighted by atomic mass is 32.2. The molecule has 1 heterocycles. The summed E-state index contributed by atoms with van der Waals surface area (Å²) in [5, 5.41) is 9.96. The normalized spacial score (nSPS) is 24.2. The third-order valence-corrected chi connectivity index (χ3v) is 5.07. The Labute approximate surface area is 105 Å². The lowest BCUT2D eigenvalue weighted by Crippen LogP contribution is -2.46. The molecule has 0 aliphatic carbocycles. The van der Waals surface area contributed by atoms with E-state index in [4.69, 9.17) is 5.11 Å². The van der Waals surface area contributed by atoms with Gasteiger partial charge in [0.15, 0.2) is 15.9 Å². The molecule has 2 unspecified atom stereocenters. The van der Waals surface area contributed by atoms with Crippen molar-refractivity contribution in [1.82, 2.24) is 5.32 Å². The molecule has 0 saturated carbocycles. The number of sulfone groups is 1. The first-order valence-electron chi connectivity index (χ1n) is 5.63. The van der Waals surface area contributed by atoms with Gasteiger partial charge in [-0.3, -0.25) is 4.79 Å². The number of carbonyl (C=O) groups excluding carboxylic acids is 1. The zero-order valence-electron chi connectivity index (χ0n) is 10.1. The first-order chi connectivity index (χ1) is 8.38. The number of aliphatic carboxylic acids is 1. The second-order valence-electron chi connectivity index (χ2n) is 4.16. The van der Waals surface area contributed by atoms with Crippen molar-refractivity contribution in [2.75, 3.05) is 19.4 Å². The van der Waals surface area contributed by atoms with Crippen LogP contribution in [0, 0.1) is 0 Å². The number of rotatable bonds is 5. The van der Waals surface area contributed by atoms with Gasteiger partial charge in [-0.25, -0.2) is 13.2 Å². The van der Waals surface area contributed by atoms with Crippen LogP contribution in [-0.2, 0) is 24.2 Å². The Morgan fingerprint density at radius 3 is 2.61 bits per heavy atom. The molecule has 1 amide bonds. The minimum absolute atomic E-state index is 0.0116. The van der Waals surface area contributed by atoms with E-state index in [-0.39, 0.29) is 12.3 Å². The van der Waals surface area contributed by atoms with Crippen LogP contribution in [0.1, 0.15) is 19.3 Å². The molecule has 7 nitrogen and oxygen atoms in total. The maximum atomic E-state index is 11.7. The Hall–Kier alpha value is -1.15. The summed E-state index contributed by atoms with van der Waals surface area (Å²) in [5.74, 6) is -1.83. The standard InChI is InChI=1S/C10H17NO6S/c1-17-7(10(13)14)6-11-9(12)8-4-2-3-5-18(8,15)16/h7-8H,2-6H2,1H3,(H,11,12)(H,13,14). The molecule has 8 heteroatoms. The molecule has 0 spiro atoms. The van der Waals surface area contributed by atoms with Gasteiger partial charge in [0.25, 0.3) is 0 Å². The van der Waals surface area contributed by atoms with E-state index in [1.165, 1.54) is 7.11 Å². The number of amides is 1. The second-order valence-corrected chi connectivity index (χ2v) is 6.46. The minimum Gasteiger partial charge on any atom is -0.479 e. The molecule has 2 atom stereocenters. The van der Waals surface area contributed by atoms with Gasteiger partial charge in [0.2, 0.25) is 5.91 Å². The van der Waals surface area contributed by atoms with Gasteiger partial charge in [-0.1, -0.05) is 6.42 Å². The largest absolute Gasteiger partial charge is 0.479 e. The number of methoxy groups -OCH3 is 1. The van der Waals surface area contributed by atoms with Gasteiger partial charge in [0.05, 0.1) is 12.3 Å². The van der Waals surface area contributed by atoms with E-state index in [1.807, 2.05) is 0 Å². The number of carbonyl (C=O) groups is 2.